The minimum absolute atomic E-state index is 0.00306. The van der Waals surface area contributed by atoms with E-state index in [9.17, 15) is 9.18 Å². The van der Waals surface area contributed by atoms with Gasteiger partial charge >= 0.3 is 0 Å². The van der Waals surface area contributed by atoms with Gasteiger partial charge in [0.05, 0.1) is 14.2 Å². The van der Waals surface area contributed by atoms with Gasteiger partial charge in [-0.25, -0.2) is 19.8 Å². The maximum absolute atomic E-state index is 14.8. The van der Waals surface area contributed by atoms with Crippen molar-refractivity contribution in [1.29, 1.82) is 0 Å². The molecular formula is C28H35FN6O3. The molecule has 4 rings (SSSR count). The number of nitrogens with one attached hydrogen (secondary N) is 2. The van der Waals surface area contributed by atoms with Crippen molar-refractivity contribution in [3.05, 3.63) is 71.3 Å². The number of rotatable bonds is 10. The van der Waals surface area contributed by atoms with Crippen LogP contribution in [0.2, 0.25) is 0 Å². The molecule has 0 radical (unpaired) electrons. The lowest BCUT2D eigenvalue weighted by Gasteiger charge is -2.40. The molecule has 38 heavy (non-hydrogen) atoms. The molecule has 1 aliphatic heterocycles. The van der Waals surface area contributed by atoms with Gasteiger partial charge in [-0.15, -0.1) is 0 Å². The SMILES string of the molecule is CCN1CCN(c2ccc(Nc3ncc(CCc4cc(C(=O)NOC)cc(OC)c4F)cn3)cc2)C[C@H]1C. The average molecular weight is 523 g/mol. The number of likely N-dealkylation sites (N-methyl/N-ethyl adjacent to an activating group) is 1. The highest BCUT2D eigenvalue weighted by molar-refractivity contribution is 5.94. The minimum Gasteiger partial charge on any atom is -0.494 e. The molecule has 1 aliphatic rings. The second kappa shape index (κ2) is 12.7. The van der Waals surface area contributed by atoms with Crippen LogP contribution in [0.1, 0.15) is 35.3 Å². The molecule has 202 valence electrons. The molecule has 0 bridgehead atoms. The van der Waals surface area contributed by atoms with Gasteiger partial charge in [-0.3, -0.25) is 14.5 Å². The van der Waals surface area contributed by atoms with Crippen molar-refractivity contribution in [3.63, 3.8) is 0 Å². The van der Waals surface area contributed by atoms with Crippen molar-refractivity contribution in [2.24, 2.45) is 0 Å². The van der Waals surface area contributed by atoms with E-state index in [0.29, 0.717) is 30.4 Å². The molecule has 0 spiro atoms. The van der Waals surface area contributed by atoms with Crippen LogP contribution in [0.15, 0.2) is 48.8 Å². The van der Waals surface area contributed by atoms with Gasteiger partial charge in [-0.1, -0.05) is 6.92 Å². The van der Waals surface area contributed by atoms with Gasteiger partial charge in [0, 0.05) is 55.0 Å². The van der Waals surface area contributed by atoms with Crippen LogP contribution in [0, 0.1) is 5.82 Å². The number of hydroxylamine groups is 1. The lowest BCUT2D eigenvalue weighted by molar-refractivity contribution is 0.0537. The highest BCUT2D eigenvalue weighted by atomic mass is 19.1. The standard InChI is InChI=1S/C28H35FN6O3/c1-5-34-12-13-35(18-19(34)2)24-10-8-23(9-11-24)32-28-30-16-20(17-31-28)6-7-21-14-22(27(36)33-38-4)15-25(37-3)26(21)29/h8-11,14-17,19H,5-7,12-13,18H2,1-4H3,(H,33,36)(H,30,31,32)/t19-/m1/s1. The number of methoxy groups -OCH3 is 1. The molecule has 2 N–H and O–H groups in total. The topological polar surface area (TPSA) is 91.9 Å². The molecule has 1 atom stereocenters. The fourth-order valence-corrected chi connectivity index (χ4v) is 4.68. The van der Waals surface area contributed by atoms with E-state index in [1.165, 1.54) is 32.0 Å². The summed E-state index contributed by atoms with van der Waals surface area (Å²) in [5.41, 5.74) is 5.80. The summed E-state index contributed by atoms with van der Waals surface area (Å²) >= 11 is 0. The number of hydrogen-bond donors (Lipinski definition) is 2. The van der Waals surface area contributed by atoms with E-state index >= 15 is 0 Å². The van der Waals surface area contributed by atoms with Crippen LogP contribution in [0.5, 0.6) is 5.75 Å². The summed E-state index contributed by atoms with van der Waals surface area (Å²) < 4.78 is 19.9. The van der Waals surface area contributed by atoms with Gasteiger partial charge in [0.25, 0.3) is 5.91 Å². The Bertz CT molecular complexity index is 1220. The normalized spacial score (nSPS) is 15.8. The third-order valence-corrected chi connectivity index (χ3v) is 6.84. The van der Waals surface area contributed by atoms with Crippen molar-refractivity contribution < 1.29 is 18.8 Å². The Kier molecular flexibility index (Phi) is 9.09. The van der Waals surface area contributed by atoms with Crippen molar-refractivity contribution in [1.82, 2.24) is 20.3 Å². The van der Waals surface area contributed by atoms with Gasteiger partial charge in [-0.05, 0) is 73.8 Å². The first-order chi connectivity index (χ1) is 18.4. The fraction of sp³-hybridized carbons (Fsp3) is 0.393. The van der Waals surface area contributed by atoms with Crippen LogP contribution in [-0.2, 0) is 17.7 Å². The number of halogens is 1. The summed E-state index contributed by atoms with van der Waals surface area (Å²) in [5, 5.41) is 3.23. The summed E-state index contributed by atoms with van der Waals surface area (Å²) in [6.07, 6.45) is 4.27. The van der Waals surface area contributed by atoms with Crippen LogP contribution in [0.3, 0.4) is 0 Å². The summed E-state index contributed by atoms with van der Waals surface area (Å²) in [6, 6.07) is 11.7. The summed E-state index contributed by atoms with van der Waals surface area (Å²) in [5.74, 6) is -0.487. The number of amides is 1. The summed E-state index contributed by atoms with van der Waals surface area (Å²) in [7, 11) is 2.70. The predicted octanol–water partition coefficient (Wildman–Crippen LogP) is 3.97. The van der Waals surface area contributed by atoms with Crippen LogP contribution >= 0.6 is 0 Å². The number of ether oxygens (including phenoxy) is 1. The van der Waals surface area contributed by atoms with Crippen molar-refractivity contribution in [3.8, 4) is 5.75 Å². The van der Waals surface area contributed by atoms with Gasteiger partial charge in [0.2, 0.25) is 5.95 Å². The summed E-state index contributed by atoms with van der Waals surface area (Å²) in [4.78, 5) is 30.5. The number of piperazine rings is 1. The average Bonchev–Trinajstić information content (AvgIpc) is 2.93. The second-order valence-electron chi connectivity index (χ2n) is 9.30. The number of benzene rings is 2. The molecule has 9 nitrogen and oxygen atoms in total. The number of carbonyl (C=O) groups is 1. The molecule has 1 fully saturated rings. The zero-order valence-electron chi connectivity index (χ0n) is 22.3. The lowest BCUT2D eigenvalue weighted by atomic mass is 10.0. The lowest BCUT2D eigenvalue weighted by Crippen LogP contribution is -2.51. The van der Waals surface area contributed by atoms with E-state index in [1.807, 2.05) is 12.1 Å². The van der Waals surface area contributed by atoms with E-state index in [-0.39, 0.29) is 11.3 Å². The maximum atomic E-state index is 14.8. The number of carbonyl (C=O) groups excluding carboxylic acids is 1. The Balaban J connectivity index is 1.35. The Hall–Kier alpha value is -3.76. The Morgan fingerprint density at radius 1 is 1.11 bits per heavy atom. The highest BCUT2D eigenvalue weighted by Crippen LogP contribution is 2.25. The first kappa shape index (κ1) is 27.3. The van der Waals surface area contributed by atoms with E-state index in [0.717, 1.165) is 37.4 Å². The van der Waals surface area contributed by atoms with E-state index in [4.69, 9.17) is 4.74 Å². The van der Waals surface area contributed by atoms with Crippen LogP contribution < -0.4 is 20.4 Å². The van der Waals surface area contributed by atoms with Gasteiger partial charge in [0.15, 0.2) is 11.6 Å². The van der Waals surface area contributed by atoms with Crippen molar-refractivity contribution in [2.45, 2.75) is 32.7 Å². The summed E-state index contributed by atoms with van der Waals surface area (Å²) in [6.45, 7) is 8.70. The third-order valence-electron chi connectivity index (χ3n) is 6.84. The molecule has 3 aromatic rings. The number of aryl methyl sites for hydroxylation is 2. The first-order valence-corrected chi connectivity index (χ1v) is 12.8. The van der Waals surface area contributed by atoms with Gasteiger partial charge < -0.3 is 15.0 Å². The van der Waals surface area contributed by atoms with E-state index in [2.05, 4.69) is 61.4 Å². The molecule has 0 unspecified atom stereocenters. The molecular weight excluding hydrogens is 487 g/mol. The fourth-order valence-electron chi connectivity index (χ4n) is 4.68. The quantitative estimate of drug-likeness (QED) is 0.387. The number of anilines is 3. The number of aromatic nitrogens is 2. The van der Waals surface area contributed by atoms with Crippen LogP contribution in [-0.4, -0.2) is 67.2 Å². The molecule has 1 aromatic heterocycles. The molecule has 2 heterocycles. The highest BCUT2D eigenvalue weighted by Gasteiger charge is 2.22. The molecule has 0 aliphatic carbocycles. The maximum Gasteiger partial charge on any atom is 0.274 e. The molecule has 1 saturated heterocycles. The van der Waals surface area contributed by atoms with Gasteiger partial charge in [-0.2, -0.15) is 0 Å². The predicted molar refractivity (Wildman–Crippen MR) is 146 cm³/mol. The van der Waals surface area contributed by atoms with Gasteiger partial charge in [0.1, 0.15) is 0 Å². The van der Waals surface area contributed by atoms with E-state index < -0.39 is 11.7 Å². The largest absolute Gasteiger partial charge is 0.494 e. The van der Waals surface area contributed by atoms with E-state index in [1.54, 1.807) is 12.4 Å². The molecule has 2 aromatic carbocycles. The van der Waals surface area contributed by atoms with Crippen LogP contribution in [0.4, 0.5) is 21.7 Å². The number of hydrogen-bond acceptors (Lipinski definition) is 8. The Labute approximate surface area is 222 Å². The zero-order valence-corrected chi connectivity index (χ0v) is 22.3. The molecule has 1 amide bonds. The smallest absolute Gasteiger partial charge is 0.274 e. The van der Waals surface area contributed by atoms with Crippen molar-refractivity contribution in [2.75, 3.05) is 50.6 Å². The Morgan fingerprint density at radius 3 is 2.47 bits per heavy atom. The van der Waals surface area contributed by atoms with Crippen molar-refractivity contribution >= 4 is 23.2 Å². The monoisotopic (exact) mass is 522 g/mol. The Morgan fingerprint density at radius 2 is 1.84 bits per heavy atom. The van der Waals surface area contributed by atoms with Crippen LogP contribution in [0.25, 0.3) is 0 Å². The zero-order chi connectivity index (χ0) is 27.1. The molecule has 10 heteroatoms. The second-order valence-corrected chi connectivity index (χ2v) is 9.30. The molecule has 0 saturated carbocycles. The first-order valence-electron chi connectivity index (χ1n) is 12.8. The minimum atomic E-state index is -0.495. The number of nitrogens with zero attached hydrogens (tertiary/aromatic N) is 4. The third kappa shape index (κ3) is 6.56.